The molecule has 0 bridgehead atoms. The van der Waals surface area contributed by atoms with E-state index in [0.29, 0.717) is 19.4 Å². The fraction of sp³-hybridized carbons (Fsp3) is 0.500. The van der Waals surface area contributed by atoms with Gasteiger partial charge in [0.05, 0.1) is 0 Å². The van der Waals surface area contributed by atoms with Crippen LogP contribution in [0.3, 0.4) is 0 Å². The molecule has 0 amide bonds. The van der Waals surface area contributed by atoms with E-state index < -0.39 is 6.68 Å². The first-order chi connectivity index (χ1) is 6.33. The summed E-state index contributed by atoms with van der Waals surface area (Å²) < 4.78 is 1.56. The zero-order valence-corrected chi connectivity index (χ0v) is 12.5. The zero-order chi connectivity index (χ0) is 10.8. The molecule has 0 saturated heterocycles. The summed E-state index contributed by atoms with van der Waals surface area (Å²) in [4.78, 5) is 0. The monoisotopic (exact) mass is 272 g/mol. The minimum atomic E-state index is -1.08. The SMILES string of the molecule is CC(C)(C)[Si](C)(C)[Se]c1ccccc1. The van der Waals surface area contributed by atoms with Gasteiger partial charge in [-0.2, -0.15) is 0 Å². The van der Waals surface area contributed by atoms with Crippen LogP contribution in [0.1, 0.15) is 20.8 Å². The Labute approximate surface area is 94.7 Å². The van der Waals surface area contributed by atoms with E-state index in [1.165, 1.54) is 0 Å². The van der Waals surface area contributed by atoms with Crippen molar-refractivity contribution in [1.82, 2.24) is 0 Å². The molecule has 0 aliphatic carbocycles. The second-order valence-corrected chi connectivity index (χ2v) is 18.6. The van der Waals surface area contributed by atoms with Crippen molar-refractivity contribution in [3.63, 3.8) is 0 Å². The Morgan fingerprint density at radius 3 is 1.93 bits per heavy atom. The third kappa shape index (κ3) is 2.98. The van der Waals surface area contributed by atoms with Gasteiger partial charge in [0, 0.05) is 0 Å². The van der Waals surface area contributed by atoms with Crippen molar-refractivity contribution in [2.45, 2.75) is 38.9 Å². The molecule has 0 N–H and O–H groups in total. The van der Waals surface area contributed by atoms with E-state index in [4.69, 9.17) is 0 Å². The van der Waals surface area contributed by atoms with Gasteiger partial charge in [-0.3, -0.25) is 0 Å². The molecule has 0 radical (unpaired) electrons. The molecule has 0 atom stereocenters. The molecule has 0 nitrogen and oxygen atoms in total. The van der Waals surface area contributed by atoms with Gasteiger partial charge >= 0.3 is 94.7 Å². The molecule has 2 heteroatoms. The van der Waals surface area contributed by atoms with Gasteiger partial charge in [0.25, 0.3) is 0 Å². The van der Waals surface area contributed by atoms with Crippen molar-refractivity contribution in [2.75, 3.05) is 0 Å². The summed E-state index contributed by atoms with van der Waals surface area (Å²) in [6.07, 6.45) is 0. The predicted molar refractivity (Wildman–Crippen MR) is 69.0 cm³/mol. The topological polar surface area (TPSA) is 0 Å². The van der Waals surface area contributed by atoms with Crippen LogP contribution in [0, 0.1) is 0 Å². The summed E-state index contributed by atoms with van der Waals surface area (Å²) in [5.41, 5.74) is 0. The Balaban J connectivity index is 2.79. The average molecular weight is 271 g/mol. The van der Waals surface area contributed by atoms with Crippen LogP contribution in [-0.2, 0) is 0 Å². The molecule has 0 aliphatic heterocycles. The van der Waals surface area contributed by atoms with E-state index in [9.17, 15) is 0 Å². The molecule has 0 aliphatic rings. The van der Waals surface area contributed by atoms with Crippen molar-refractivity contribution in [2.24, 2.45) is 0 Å². The number of hydrogen-bond acceptors (Lipinski definition) is 0. The molecule has 0 spiro atoms. The second-order valence-electron chi connectivity index (χ2n) is 5.18. The molecular formula is C12H20SeSi. The molecule has 1 rings (SSSR count). The second kappa shape index (κ2) is 4.22. The third-order valence-corrected chi connectivity index (χ3v) is 16.4. The Hall–Kier alpha value is -0.0436. The molecule has 0 saturated carbocycles. The van der Waals surface area contributed by atoms with Crippen LogP contribution in [0.25, 0.3) is 0 Å². The Kier molecular flexibility index (Phi) is 3.62. The molecule has 0 aromatic heterocycles. The van der Waals surface area contributed by atoms with Crippen LogP contribution in [0.5, 0.6) is 0 Å². The summed E-state index contributed by atoms with van der Waals surface area (Å²) in [6.45, 7) is 11.1. The van der Waals surface area contributed by atoms with Gasteiger partial charge in [-0.05, 0) is 0 Å². The van der Waals surface area contributed by atoms with E-state index in [2.05, 4.69) is 64.2 Å². The van der Waals surface area contributed by atoms with Gasteiger partial charge in [-0.15, -0.1) is 0 Å². The molecule has 14 heavy (non-hydrogen) atoms. The van der Waals surface area contributed by atoms with Gasteiger partial charge in [0.2, 0.25) is 0 Å². The van der Waals surface area contributed by atoms with E-state index in [1.54, 1.807) is 4.46 Å². The standard InChI is InChI=1S/C12H20SeSi/c1-12(2,3)14(4,5)13-11-9-7-6-8-10-11/h6-10H,1-5H3. The van der Waals surface area contributed by atoms with E-state index in [1.807, 2.05) is 0 Å². The summed E-state index contributed by atoms with van der Waals surface area (Å²) >= 11 is 0.687. The predicted octanol–water partition coefficient (Wildman–Crippen LogP) is 3.02. The van der Waals surface area contributed by atoms with E-state index >= 15 is 0 Å². The van der Waals surface area contributed by atoms with Gasteiger partial charge in [-0.25, -0.2) is 0 Å². The van der Waals surface area contributed by atoms with Crippen molar-refractivity contribution in [3.05, 3.63) is 30.3 Å². The van der Waals surface area contributed by atoms with Gasteiger partial charge < -0.3 is 0 Å². The zero-order valence-electron chi connectivity index (χ0n) is 9.79. The Morgan fingerprint density at radius 2 is 1.50 bits per heavy atom. The van der Waals surface area contributed by atoms with Crippen LogP contribution in [0.15, 0.2) is 30.3 Å². The van der Waals surface area contributed by atoms with Gasteiger partial charge in [0.15, 0.2) is 0 Å². The first-order valence-corrected chi connectivity index (χ1v) is 11.4. The van der Waals surface area contributed by atoms with Crippen LogP contribution in [0.2, 0.25) is 18.1 Å². The van der Waals surface area contributed by atoms with Crippen LogP contribution in [-0.4, -0.2) is 21.0 Å². The maximum atomic E-state index is 2.51. The normalized spacial score (nSPS) is 12.9. The Bertz CT molecular complexity index is 285. The van der Waals surface area contributed by atoms with Crippen molar-refractivity contribution in [1.29, 1.82) is 0 Å². The van der Waals surface area contributed by atoms with Crippen LogP contribution >= 0.6 is 0 Å². The maximum absolute atomic E-state index is 2.51. The number of benzene rings is 1. The van der Waals surface area contributed by atoms with Gasteiger partial charge in [-0.1, -0.05) is 0 Å². The Morgan fingerprint density at radius 1 is 1.00 bits per heavy atom. The first-order valence-electron chi connectivity index (χ1n) is 5.07. The van der Waals surface area contributed by atoms with Gasteiger partial charge in [0.1, 0.15) is 0 Å². The molecule has 1 aromatic carbocycles. The van der Waals surface area contributed by atoms with Crippen molar-refractivity contribution < 1.29 is 0 Å². The third-order valence-electron chi connectivity index (χ3n) is 2.92. The summed E-state index contributed by atoms with van der Waals surface area (Å²) in [7, 11) is 0. The van der Waals surface area contributed by atoms with Crippen molar-refractivity contribution in [3.8, 4) is 0 Å². The average Bonchev–Trinajstić information content (AvgIpc) is 2.03. The van der Waals surface area contributed by atoms with Crippen LogP contribution < -0.4 is 4.46 Å². The molecule has 78 valence electrons. The summed E-state index contributed by atoms with van der Waals surface area (Å²) in [5, 5.41) is 0.517. The summed E-state index contributed by atoms with van der Waals surface area (Å²) in [5.74, 6) is 0. The molecule has 0 heterocycles. The molecular weight excluding hydrogens is 251 g/mol. The fourth-order valence-electron chi connectivity index (χ4n) is 0.936. The van der Waals surface area contributed by atoms with E-state index in [-0.39, 0.29) is 0 Å². The fourth-order valence-corrected chi connectivity index (χ4v) is 8.79. The number of rotatable bonds is 2. The first kappa shape index (κ1) is 12.0. The molecule has 1 aromatic rings. The molecule has 0 fully saturated rings. The summed E-state index contributed by atoms with van der Waals surface area (Å²) in [6, 6.07) is 11.0. The minimum absolute atomic E-state index is 0.517. The van der Waals surface area contributed by atoms with Crippen LogP contribution in [0.4, 0.5) is 0 Å². The molecule has 0 unspecified atom stereocenters. The van der Waals surface area contributed by atoms with Crippen molar-refractivity contribution >= 4 is 25.5 Å². The quantitative estimate of drug-likeness (QED) is 0.725. The number of hydrogen-bond donors (Lipinski definition) is 0. The van der Waals surface area contributed by atoms with E-state index in [0.717, 1.165) is 0 Å².